The Kier molecular flexibility index (Phi) is 7.13. The molecule has 4 rings (SSSR count). The Hall–Kier alpha value is -4.16. The highest BCUT2D eigenvalue weighted by Crippen LogP contribution is 2.22. The molecule has 0 fully saturated rings. The van der Waals surface area contributed by atoms with Crippen molar-refractivity contribution >= 4 is 17.8 Å². The number of nitrogens with zero attached hydrogens (tertiary/aromatic N) is 5. The molecule has 3 heterocycles. The van der Waals surface area contributed by atoms with E-state index in [1.807, 2.05) is 0 Å². The van der Waals surface area contributed by atoms with Crippen LogP contribution in [-0.4, -0.2) is 61.3 Å². The second-order valence-electron chi connectivity index (χ2n) is 7.99. The normalized spacial score (nSPS) is 13.2. The van der Waals surface area contributed by atoms with Crippen molar-refractivity contribution in [1.29, 1.82) is 0 Å². The third-order valence-corrected chi connectivity index (χ3v) is 5.20. The minimum absolute atomic E-state index is 0.0476. The molecule has 0 unspecified atom stereocenters. The van der Waals surface area contributed by atoms with E-state index in [-0.39, 0.29) is 42.7 Å². The number of carbonyl (C=O) groups is 2. The van der Waals surface area contributed by atoms with Crippen molar-refractivity contribution in [3.05, 3.63) is 59.2 Å². The summed E-state index contributed by atoms with van der Waals surface area (Å²) in [6, 6.07) is 6.28. The van der Waals surface area contributed by atoms with Crippen molar-refractivity contribution in [1.82, 2.24) is 35.6 Å². The van der Waals surface area contributed by atoms with Crippen LogP contribution >= 0.6 is 0 Å². The number of rotatable bonds is 9. The van der Waals surface area contributed by atoms with Crippen molar-refractivity contribution in [3.8, 4) is 5.75 Å². The van der Waals surface area contributed by atoms with E-state index in [4.69, 9.17) is 0 Å². The molecular formula is C22H24F2N8O3. The molecule has 2 amide bonds. The number of ether oxygens (including phenoxy) is 1. The fraction of sp³-hybridized carbons (Fsp3) is 0.364. The summed E-state index contributed by atoms with van der Waals surface area (Å²) < 4.78 is 30.6. The molecule has 0 atom stereocenters. The number of fused-ring (bicyclic) bond motifs is 1. The quantitative estimate of drug-likeness (QED) is 0.417. The lowest BCUT2D eigenvalue weighted by atomic mass is 10.1. The smallest absolute Gasteiger partial charge is 0.394 e. The second kappa shape index (κ2) is 10.4. The summed E-state index contributed by atoms with van der Waals surface area (Å²) in [5, 5.41) is 16.3. The number of nitrogens with one attached hydrogen (secondary N) is 3. The number of benzene rings is 1. The van der Waals surface area contributed by atoms with Crippen LogP contribution < -0.4 is 15.4 Å². The molecule has 0 saturated heterocycles. The Morgan fingerprint density at radius 1 is 1.20 bits per heavy atom. The number of H-pyrrole nitrogens is 1. The van der Waals surface area contributed by atoms with E-state index in [0.717, 1.165) is 11.4 Å². The summed E-state index contributed by atoms with van der Waals surface area (Å²) in [6.07, 6.45) is 0.261. The van der Waals surface area contributed by atoms with Crippen molar-refractivity contribution in [3.63, 3.8) is 0 Å². The standard InChI is InChI=1S/C22H24F2N8O3/c1-22(23,24)35-16-4-2-3-14(9-16)10-26-21-27-11-15(12-28-21)20(34)25-7-5-19(33)32-8-6-17-18(13-32)30-31-29-17/h2-4,9,11-12H,5-8,10,13H2,1H3,(H,25,34)(H,26,27,28)(H,29,30,31). The van der Waals surface area contributed by atoms with Gasteiger partial charge in [-0.2, -0.15) is 24.2 Å². The Morgan fingerprint density at radius 2 is 1.97 bits per heavy atom. The van der Waals surface area contributed by atoms with Crippen LogP contribution in [0.2, 0.25) is 0 Å². The lowest BCUT2D eigenvalue weighted by Crippen LogP contribution is -2.38. The number of aromatic amines is 1. The van der Waals surface area contributed by atoms with E-state index in [0.29, 0.717) is 32.0 Å². The van der Waals surface area contributed by atoms with Gasteiger partial charge in [-0.15, -0.1) is 0 Å². The number of hydrogen-bond acceptors (Lipinski definition) is 8. The molecule has 0 bridgehead atoms. The summed E-state index contributed by atoms with van der Waals surface area (Å²) in [5.74, 6) is -0.161. The topological polar surface area (TPSA) is 138 Å². The van der Waals surface area contributed by atoms with Crippen molar-refractivity contribution in [2.75, 3.05) is 18.4 Å². The van der Waals surface area contributed by atoms with Gasteiger partial charge in [-0.05, 0) is 17.7 Å². The van der Waals surface area contributed by atoms with Crippen LogP contribution in [0, 0.1) is 0 Å². The molecule has 0 aliphatic carbocycles. The zero-order chi connectivity index (χ0) is 24.8. The highest BCUT2D eigenvalue weighted by Gasteiger charge is 2.24. The maximum absolute atomic E-state index is 13.0. The Balaban J connectivity index is 1.21. The molecule has 3 N–H and O–H groups in total. The molecule has 2 aromatic heterocycles. The van der Waals surface area contributed by atoms with Crippen LogP contribution in [0.4, 0.5) is 14.7 Å². The third kappa shape index (κ3) is 6.68. The number of alkyl halides is 2. The predicted octanol–water partition coefficient (Wildman–Crippen LogP) is 1.90. The summed E-state index contributed by atoms with van der Waals surface area (Å²) in [7, 11) is 0. The first kappa shape index (κ1) is 24.0. The molecule has 1 aliphatic rings. The van der Waals surface area contributed by atoms with Crippen molar-refractivity contribution in [2.24, 2.45) is 0 Å². The van der Waals surface area contributed by atoms with Crippen molar-refractivity contribution < 1.29 is 23.1 Å². The highest BCUT2D eigenvalue weighted by atomic mass is 19.3. The molecule has 184 valence electrons. The van der Waals surface area contributed by atoms with Gasteiger partial charge in [0, 0.05) is 51.8 Å². The molecule has 35 heavy (non-hydrogen) atoms. The van der Waals surface area contributed by atoms with Gasteiger partial charge in [0.1, 0.15) is 11.4 Å². The molecule has 1 aromatic carbocycles. The Bertz CT molecular complexity index is 1180. The SMILES string of the molecule is CC(F)(F)Oc1cccc(CNc2ncc(C(=O)NCCC(=O)N3CCc4n[nH]nc4C3)cn2)c1. The van der Waals surface area contributed by atoms with Gasteiger partial charge < -0.3 is 20.3 Å². The minimum Gasteiger partial charge on any atom is -0.433 e. The largest absolute Gasteiger partial charge is 0.433 e. The summed E-state index contributed by atoms with van der Waals surface area (Å²) in [5.41, 5.74) is 2.58. The van der Waals surface area contributed by atoms with E-state index in [2.05, 4.69) is 40.7 Å². The maximum Gasteiger partial charge on any atom is 0.394 e. The van der Waals surface area contributed by atoms with Gasteiger partial charge >= 0.3 is 6.11 Å². The van der Waals surface area contributed by atoms with Crippen LogP contribution in [-0.2, 0) is 24.3 Å². The van der Waals surface area contributed by atoms with Gasteiger partial charge in [-0.3, -0.25) is 9.59 Å². The Morgan fingerprint density at radius 3 is 2.74 bits per heavy atom. The average molecular weight is 486 g/mol. The number of halogens is 2. The van der Waals surface area contributed by atoms with E-state index in [9.17, 15) is 18.4 Å². The molecule has 13 heteroatoms. The van der Waals surface area contributed by atoms with Gasteiger partial charge in [0.25, 0.3) is 5.91 Å². The number of aromatic nitrogens is 5. The van der Waals surface area contributed by atoms with Crippen LogP contribution in [0.1, 0.15) is 40.7 Å². The first-order valence-corrected chi connectivity index (χ1v) is 10.9. The van der Waals surface area contributed by atoms with Gasteiger partial charge in [-0.1, -0.05) is 12.1 Å². The second-order valence-corrected chi connectivity index (χ2v) is 7.99. The molecule has 0 radical (unpaired) electrons. The van der Waals surface area contributed by atoms with E-state index in [1.165, 1.54) is 24.5 Å². The summed E-state index contributed by atoms with van der Waals surface area (Å²) in [6.45, 7) is 2.09. The fourth-order valence-corrected chi connectivity index (χ4v) is 3.50. The van der Waals surface area contributed by atoms with Crippen molar-refractivity contribution in [2.45, 2.75) is 39.0 Å². The number of carbonyl (C=O) groups excluding carboxylic acids is 2. The van der Waals surface area contributed by atoms with Crippen LogP contribution in [0.15, 0.2) is 36.7 Å². The van der Waals surface area contributed by atoms with E-state index in [1.54, 1.807) is 17.0 Å². The van der Waals surface area contributed by atoms with Gasteiger partial charge in [0.05, 0.1) is 17.8 Å². The van der Waals surface area contributed by atoms with E-state index < -0.39 is 12.0 Å². The zero-order valence-corrected chi connectivity index (χ0v) is 18.9. The predicted molar refractivity (Wildman–Crippen MR) is 120 cm³/mol. The molecule has 11 nitrogen and oxygen atoms in total. The van der Waals surface area contributed by atoms with Gasteiger partial charge in [0.2, 0.25) is 11.9 Å². The maximum atomic E-state index is 13.0. The molecule has 0 spiro atoms. The lowest BCUT2D eigenvalue weighted by Gasteiger charge is -2.25. The number of amides is 2. The Labute approximate surface area is 199 Å². The monoisotopic (exact) mass is 486 g/mol. The number of hydrogen-bond donors (Lipinski definition) is 3. The summed E-state index contributed by atoms with van der Waals surface area (Å²) >= 11 is 0. The number of anilines is 1. The van der Waals surface area contributed by atoms with Gasteiger partial charge in [0.15, 0.2) is 0 Å². The molecule has 1 aliphatic heterocycles. The molecular weight excluding hydrogens is 462 g/mol. The average Bonchev–Trinajstić information content (AvgIpc) is 3.30. The fourth-order valence-electron chi connectivity index (χ4n) is 3.50. The molecule has 0 saturated carbocycles. The first-order chi connectivity index (χ1) is 16.8. The van der Waals surface area contributed by atoms with Crippen LogP contribution in [0.3, 0.4) is 0 Å². The van der Waals surface area contributed by atoms with Crippen LogP contribution in [0.5, 0.6) is 5.75 Å². The zero-order valence-electron chi connectivity index (χ0n) is 18.9. The van der Waals surface area contributed by atoms with Gasteiger partial charge in [-0.25, -0.2) is 9.97 Å². The van der Waals surface area contributed by atoms with Crippen LogP contribution in [0.25, 0.3) is 0 Å². The first-order valence-electron chi connectivity index (χ1n) is 10.9. The molecule has 3 aromatic rings. The minimum atomic E-state index is -3.27. The van der Waals surface area contributed by atoms with E-state index >= 15 is 0 Å². The highest BCUT2D eigenvalue weighted by molar-refractivity contribution is 5.93. The lowest BCUT2D eigenvalue weighted by molar-refractivity contribution is -0.159. The third-order valence-electron chi connectivity index (χ3n) is 5.20. The summed E-state index contributed by atoms with van der Waals surface area (Å²) in [4.78, 5) is 34.6.